The summed E-state index contributed by atoms with van der Waals surface area (Å²) in [6.45, 7) is 1.70. The van der Waals surface area contributed by atoms with E-state index in [9.17, 15) is 9.90 Å². The van der Waals surface area contributed by atoms with Gasteiger partial charge in [-0.3, -0.25) is 9.69 Å². The number of aliphatic carboxylic acids is 1. The molecule has 0 amide bonds. The molecule has 0 aliphatic carbocycles. The zero-order valence-corrected chi connectivity index (χ0v) is 12.0. The van der Waals surface area contributed by atoms with E-state index in [1.807, 2.05) is 23.1 Å². The number of methoxy groups -OCH3 is 2. The third kappa shape index (κ3) is 3.22. The number of hydrogen-bond acceptors (Lipinski definition) is 4. The third-order valence-electron chi connectivity index (χ3n) is 3.77. The fourth-order valence-corrected chi connectivity index (χ4v) is 2.68. The first kappa shape index (κ1) is 14.7. The lowest BCUT2D eigenvalue weighted by atomic mass is 10.0. The standard InChI is InChI=1S/C15H21NO4/c1-19-12-5-6-14(20-2)11(9-12)10-13(15(17)18)16-7-3-4-8-16/h5-6,9,13H,3-4,7-8,10H2,1-2H3,(H,17,18)/t13-/m1/s1. The number of hydrogen-bond donors (Lipinski definition) is 1. The normalized spacial score (nSPS) is 16.9. The van der Waals surface area contributed by atoms with Crippen LogP contribution < -0.4 is 9.47 Å². The molecule has 2 rings (SSSR count). The molecule has 20 heavy (non-hydrogen) atoms. The van der Waals surface area contributed by atoms with Gasteiger partial charge in [0.05, 0.1) is 14.2 Å². The lowest BCUT2D eigenvalue weighted by Crippen LogP contribution is -2.40. The van der Waals surface area contributed by atoms with Gasteiger partial charge in [0.15, 0.2) is 0 Å². The highest BCUT2D eigenvalue weighted by molar-refractivity contribution is 5.74. The molecular weight excluding hydrogens is 258 g/mol. The molecule has 0 saturated carbocycles. The molecule has 110 valence electrons. The Labute approximate surface area is 119 Å². The van der Waals surface area contributed by atoms with E-state index in [0.717, 1.165) is 31.5 Å². The van der Waals surface area contributed by atoms with Gasteiger partial charge in [-0.25, -0.2) is 0 Å². The second kappa shape index (κ2) is 6.61. The van der Waals surface area contributed by atoms with Gasteiger partial charge >= 0.3 is 5.97 Å². The predicted octanol–water partition coefficient (Wildman–Crippen LogP) is 1.80. The van der Waals surface area contributed by atoms with Crippen LogP contribution in [0.25, 0.3) is 0 Å². The molecule has 1 fully saturated rings. The summed E-state index contributed by atoms with van der Waals surface area (Å²) in [6.07, 6.45) is 2.56. The number of ether oxygens (including phenoxy) is 2. The zero-order valence-electron chi connectivity index (χ0n) is 12.0. The molecule has 0 aromatic heterocycles. The highest BCUT2D eigenvalue weighted by atomic mass is 16.5. The molecule has 1 heterocycles. The fourth-order valence-electron chi connectivity index (χ4n) is 2.68. The van der Waals surface area contributed by atoms with Crippen LogP contribution in [0.1, 0.15) is 18.4 Å². The summed E-state index contributed by atoms with van der Waals surface area (Å²) in [7, 11) is 3.19. The first-order valence-electron chi connectivity index (χ1n) is 6.83. The predicted molar refractivity (Wildman–Crippen MR) is 75.5 cm³/mol. The maximum absolute atomic E-state index is 11.5. The molecule has 1 atom stereocenters. The summed E-state index contributed by atoms with van der Waals surface area (Å²) in [5, 5.41) is 9.47. The molecule has 0 spiro atoms. The van der Waals surface area contributed by atoms with E-state index in [0.29, 0.717) is 17.9 Å². The highest BCUT2D eigenvalue weighted by Gasteiger charge is 2.29. The molecule has 5 nitrogen and oxygen atoms in total. The van der Waals surface area contributed by atoms with E-state index in [2.05, 4.69) is 0 Å². The monoisotopic (exact) mass is 279 g/mol. The SMILES string of the molecule is COc1ccc(OC)c(C[C@H](C(=O)O)N2CCCC2)c1. The molecule has 1 aromatic carbocycles. The average molecular weight is 279 g/mol. The number of carboxylic acid groups (broad SMARTS) is 1. The number of carboxylic acids is 1. The molecule has 5 heteroatoms. The first-order chi connectivity index (χ1) is 9.65. The number of nitrogens with zero attached hydrogens (tertiary/aromatic N) is 1. The molecule has 1 saturated heterocycles. The van der Waals surface area contributed by atoms with Crippen molar-refractivity contribution in [2.75, 3.05) is 27.3 Å². The fraction of sp³-hybridized carbons (Fsp3) is 0.533. The Morgan fingerprint density at radius 1 is 1.30 bits per heavy atom. The van der Waals surface area contributed by atoms with E-state index in [1.54, 1.807) is 14.2 Å². The summed E-state index contributed by atoms with van der Waals surface area (Å²) < 4.78 is 10.5. The van der Waals surface area contributed by atoms with Crippen molar-refractivity contribution in [3.63, 3.8) is 0 Å². The largest absolute Gasteiger partial charge is 0.497 e. The summed E-state index contributed by atoms with van der Waals surface area (Å²) in [4.78, 5) is 13.6. The summed E-state index contributed by atoms with van der Waals surface area (Å²) in [5.41, 5.74) is 0.867. The van der Waals surface area contributed by atoms with Crippen molar-refractivity contribution in [3.8, 4) is 11.5 Å². The van der Waals surface area contributed by atoms with E-state index in [-0.39, 0.29) is 0 Å². The maximum Gasteiger partial charge on any atom is 0.321 e. The lowest BCUT2D eigenvalue weighted by molar-refractivity contribution is -0.142. The molecule has 1 aliphatic heterocycles. The third-order valence-corrected chi connectivity index (χ3v) is 3.77. The van der Waals surface area contributed by atoms with Crippen molar-refractivity contribution >= 4 is 5.97 Å². The first-order valence-corrected chi connectivity index (χ1v) is 6.83. The highest BCUT2D eigenvalue weighted by Crippen LogP contribution is 2.27. The van der Waals surface area contributed by atoms with Crippen LogP contribution in [0.15, 0.2) is 18.2 Å². The number of rotatable bonds is 6. The van der Waals surface area contributed by atoms with Gasteiger partial charge in [0, 0.05) is 6.42 Å². The topological polar surface area (TPSA) is 59.0 Å². The van der Waals surface area contributed by atoms with Crippen molar-refractivity contribution < 1.29 is 19.4 Å². The van der Waals surface area contributed by atoms with Gasteiger partial charge in [-0.1, -0.05) is 0 Å². The Hall–Kier alpha value is -1.75. The maximum atomic E-state index is 11.5. The quantitative estimate of drug-likeness (QED) is 0.860. The Morgan fingerprint density at radius 2 is 2.00 bits per heavy atom. The van der Waals surface area contributed by atoms with Crippen LogP contribution >= 0.6 is 0 Å². The Bertz CT molecular complexity index is 469. The summed E-state index contributed by atoms with van der Waals surface area (Å²) in [5.74, 6) is 0.638. The minimum absolute atomic E-state index is 0.426. The van der Waals surface area contributed by atoms with E-state index >= 15 is 0 Å². The van der Waals surface area contributed by atoms with Crippen LogP contribution in [0.5, 0.6) is 11.5 Å². The molecule has 1 aliphatic rings. The van der Waals surface area contributed by atoms with Crippen molar-refractivity contribution in [2.24, 2.45) is 0 Å². The van der Waals surface area contributed by atoms with Gasteiger partial charge in [0.2, 0.25) is 0 Å². The second-order valence-corrected chi connectivity index (χ2v) is 4.98. The molecule has 0 unspecified atom stereocenters. The van der Waals surface area contributed by atoms with Crippen LogP contribution in [0.3, 0.4) is 0 Å². The van der Waals surface area contributed by atoms with E-state index < -0.39 is 12.0 Å². The minimum atomic E-state index is -0.781. The van der Waals surface area contributed by atoms with Crippen molar-refractivity contribution in [2.45, 2.75) is 25.3 Å². The Balaban J connectivity index is 2.22. The van der Waals surface area contributed by atoms with Gasteiger partial charge < -0.3 is 14.6 Å². The summed E-state index contributed by atoms with van der Waals surface area (Å²) >= 11 is 0. The Morgan fingerprint density at radius 3 is 2.55 bits per heavy atom. The minimum Gasteiger partial charge on any atom is -0.497 e. The average Bonchev–Trinajstić information content (AvgIpc) is 2.97. The zero-order chi connectivity index (χ0) is 14.5. The number of carbonyl (C=O) groups is 1. The van der Waals surface area contributed by atoms with Crippen molar-refractivity contribution in [3.05, 3.63) is 23.8 Å². The van der Waals surface area contributed by atoms with E-state index in [1.165, 1.54) is 0 Å². The summed E-state index contributed by atoms with van der Waals surface area (Å²) in [6, 6.07) is 4.98. The van der Waals surface area contributed by atoms with Gasteiger partial charge in [-0.05, 0) is 49.7 Å². The molecular formula is C15H21NO4. The van der Waals surface area contributed by atoms with Crippen LogP contribution in [0.2, 0.25) is 0 Å². The number of benzene rings is 1. The second-order valence-electron chi connectivity index (χ2n) is 4.98. The Kier molecular flexibility index (Phi) is 4.84. The van der Waals surface area contributed by atoms with Gasteiger partial charge in [-0.2, -0.15) is 0 Å². The van der Waals surface area contributed by atoms with Crippen LogP contribution in [-0.2, 0) is 11.2 Å². The molecule has 1 N–H and O–H groups in total. The molecule has 0 radical (unpaired) electrons. The van der Waals surface area contributed by atoms with Gasteiger partial charge in [0.1, 0.15) is 17.5 Å². The van der Waals surface area contributed by atoms with E-state index in [4.69, 9.17) is 9.47 Å². The van der Waals surface area contributed by atoms with Crippen molar-refractivity contribution in [1.82, 2.24) is 4.90 Å². The molecule has 1 aromatic rings. The molecule has 0 bridgehead atoms. The van der Waals surface area contributed by atoms with Gasteiger partial charge in [0.25, 0.3) is 0 Å². The van der Waals surface area contributed by atoms with Crippen molar-refractivity contribution in [1.29, 1.82) is 0 Å². The number of likely N-dealkylation sites (tertiary alicyclic amines) is 1. The van der Waals surface area contributed by atoms with Crippen LogP contribution in [0.4, 0.5) is 0 Å². The van der Waals surface area contributed by atoms with Crippen LogP contribution in [0, 0.1) is 0 Å². The van der Waals surface area contributed by atoms with Crippen LogP contribution in [-0.4, -0.2) is 49.3 Å². The smallest absolute Gasteiger partial charge is 0.321 e. The lowest BCUT2D eigenvalue weighted by Gasteiger charge is -2.24. The van der Waals surface area contributed by atoms with Gasteiger partial charge in [-0.15, -0.1) is 0 Å².